The summed E-state index contributed by atoms with van der Waals surface area (Å²) in [6.45, 7) is 0.0816. The molecule has 1 aromatic carbocycles. The molecular weight excluding hydrogens is 304 g/mol. The van der Waals surface area contributed by atoms with E-state index in [0.29, 0.717) is 0 Å². The number of aliphatic carboxylic acids is 1. The lowest BCUT2D eigenvalue weighted by atomic mass is 9.98. The van der Waals surface area contributed by atoms with E-state index in [1.807, 2.05) is 0 Å². The number of ether oxygens (including phenoxy) is 1. The Morgan fingerprint density at radius 1 is 1.38 bits per heavy atom. The average Bonchev–Trinajstić information content (AvgIpc) is 2.88. The number of carboxylic acid groups (broad SMARTS) is 1. The quantitative estimate of drug-likeness (QED) is 0.812. The van der Waals surface area contributed by atoms with Crippen LogP contribution in [0.5, 0.6) is 0 Å². The summed E-state index contributed by atoms with van der Waals surface area (Å²) in [6, 6.07) is 5.84. The fraction of sp³-hybridized carbons (Fsp3) is 0.385. The zero-order valence-electron chi connectivity index (χ0n) is 10.8. The summed E-state index contributed by atoms with van der Waals surface area (Å²) in [6.07, 6.45) is 0.137. The van der Waals surface area contributed by atoms with Gasteiger partial charge >= 0.3 is 5.97 Å². The van der Waals surface area contributed by atoms with Crippen molar-refractivity contribution in [2.45, 2.75) is 22.6 Å². The number of benzene rings is 1. The summed E-state index contributed by atoms with van der Waals surface area (Å²) < 4.78 is 30.0. The maximum absolute atomic E-state index is 12.5. The van der Waals surface area contributed by atoms with Crippen molar-refractivity contribution < 1.29 is 28.2 Å². The molecule has 8 heteroatoms. The van der Waals surface area contributed by atoms with Crippen molar-refractivity contribution in [2.75, 3.05) is 13.2 Å². The van der Waals surface area contributed by atoms with Gasteiger partial charge in [0.05, 0.1) is 12.2 Å². The second kappa shape index (κ2) is 6.40. The molecule has 2 rings (SSSR count). The number of amides is 1. The van der Waals surface area contributed by atoms with Gasteiger partial charge in [-0.05, 0) is 12.1 Å². The van der Waals surface area contributed by atoms with E-state index in [1.165, 1.54) is 24.3 Å². The van der Waals surface area contributed by atoms with E-state index in [-0.39, 0.29) is 41.9 Å². The molecule has 114 valence electrons. The third kappa shape index (κ3) is 3.51. The van der Waals surface area contributed by atoms with Crippen LogP contribution in [0.25, 0.3) is 0 Å². The van der Waals surface area contributed by atoms with Crippen molar-refractivity contribution in [3.05, 3.63) is 29.8 Å². The summed E-state index contributed by atoms with van der Waals surface area (Å²) in [5.74, 6) is -4.57. The van der Waals surface area contributed by atoms with Crippen LogP contribution in [0.2, 0.25) is 0 Å². The van der Waals surface area contributed by atoms with Crippen LogP contribution in [0, 0.1) is 0 Å². The minimum Gasteiger partial charge on any atom is -0.479 e. The molecule has 1 aliphatic heterocycles. The first-order valence-corrected chi connectivity index (χ1v) is 7.00. The molecule has 1 heterocycles. The van der Waals surface area contributed by atoms with Gasteiger partial charge in [-0.1, -0.05) is 23.9 Å². The molecule has 5 nitrogen and oxygen atoms in total. The molecule has 1 fully saturated rings. The second-order valence-electron chi connectivity index (χ2n) is 4.52. The molecule has 1 saturated heterocycles. The number of carboxylic acids is 1. The predicted molar refractivity (Wildman–Crippen MR) is 71.6 cm³/mol. The van der Waals surface area contributed by atoms with E-state index >= 15 is 0 Å². The summed E-state index contributed by atoms with van der Waals surface area (Å²) in [5.41, 5.74) is -1.48. The highest BCUT2D eigenvalue weighted by atomic mass is 32.2. The van der Waals surface area contributed by atoms with Crippen LogP contribution < -0.4 is 5.32 Å². The standard InChI is InChI=1S/C13H13F2NO4S/c14-12(15)21-9-4-2-1-3-8(9)10(17)16-13(11(18)19)5-6-20-7-13/h1-4,12H,5-7H2,(H,16,17)(H,18,19). The van der Waals surface area contributed by atoms with Crippen LogP contribution >= 0.6 is 11.8 Å². The normalized spacial score (nSPS) is 21.5. The third-order valence-electron chi connectivity index (χ3n) is 3.13. The molecule has 1 unspecified atom stereocenters. The maximum Gasteiger partial charge on any atom is 0.331 e. The van der Waals surface area contributed by atoms with Gasteiger partial charge in [0.1, 0.15) is 0 Å². The van der Waals surface area contributed by atoms with Crippen LogP contribution in [0.4, 0.5) is 8.78 Å². The molecule has 1 atom stereocenters. The van der Waals surface area contributed by atoms with Crippen molar-refractivity contribution in [1.82, 2.24) is 5.32 Å². The van der Waals surface area contributed by atoms with E-state index in [4.69, 9.17) is 4.74 Å². The maximum atomic E-state index is 12.5. The predicted octanol–water partition coefficient (Wildman–Crippen LogP) is 1.97. The summed E-state index contributed by atoms with van der Waals surface area (Å²) in [4.78, 5) is 23.7. The van der Waals surface area contributed by atoms with Gasteiger partial charge in [0.2, 0.25) is 0 Å². The van der Waals surface area contributed by atoms with E-state index in [2.05, 4.69) is 5.32 Å². The van der Waals surface area contributed by atoms with E-state index in [0.717, 1.165) is 0 Å². The largest absolute Gasteiger partial charge is 0.479 e. The van der Waals surface area contributed by atoms with Crippen molar-refractivity contribution >= 4 is 23.6 Å². The number of nitrogens with one attached hydrogen (secondary N) is 1. The van der Waals surface area contributed by atoms with E-state index < -0.39 is 23.2 Å². The number of hydrogen-bond donors (Lipinski definition) is 2. The van der Waals surface area contributed by atoms with Crippen LogP contribution in [-0.2, 0) is 9.53 Å². The minimum atomic E-state index is -2.66. The summed E-state index contributed by atoms with van der Waals surface area (Å²) in [5, 5.41) is 11.7. The minimum absolute atomic E-state index is 0.0234. The topological polar surface area (TPSA) is 75.6 Å². The molecule has 0 saturated carbocycles. The Labute approximate surface area is 123 Å². The Balaban J connectivity index is 2.22. The highest BCUT2D eigenvalue weighted by molar-refractivity contribution is 7.99. The van der Waals surface area contributed by atoms with Gasteiger partial charge < -0.3 is 15.2 Å². The first-order chi connectivity index (χ1) is 9.94. The fourth-order valence-electron chi connectivity index (χ4n) is 2.02. The zero-order valence-corrected chi connectivity index (χ0v) is 11.7. The Kier molecular flexibility index (Phi) is 4.79. The first kappa shape index (κ1) is 15.7. The van der Waals surface area contributed by atoms with Crippen molar-refractivity contribution in [2.24, 2.45) is 0 Å². The van der Waals surface area contributed by atoms with Crippen molar-refractivity contribution in [3.8, 4) is 0 Å². The number of rotatable bonds is 5. The average molecular weight is 317 g/mol. The second-order valence-corrected chi connectivity index (χ2v) is 5.55. The fourth-order valence-corrected chi connectivity index (χ4v) is 2.66. The van der Waals surface area contributed by atoms with Gasteiger partial charge in [-0.15, -0.1) is 0 Å². The number of hydrogen-bond acceptors (Lipinski definition) is 4. The SMILES string of the molecule is O=C(NC1(C(=O)O)CCOC1)c1ccccc1SC(F)F. The van der Waals surface area contributed by atoms with Crippen LogP contribution in [-0.4, -0.2) is 41.5 Å². The van der Waals surface area contributed by atoms with Crippen LogP contribution in [0.15, 0.2) is 29.2 Å². The Bertz CT molecular complexity index is 547. The molecule has 0 radical (unpaired) electrons. The molecule has 1 aliphatic rings. The highest BCUT2D eigenvalue weighted by Crippen LogP contribution is 2.29. The zero-order chi connectivity index (χ0) is 15.5. The number of carbonyl (C=O) groups is 2. The van der Waals surface area contributed by atoms with E-state index in [9.17, 15) is 23.5 Å². The lowest BCUT2D eigenvalue weighted by Crippen LogP contribution is -2.55. The molecule has 0 bridgehead atoms. The molecular formula is C13H13F2NO4S. The van der Waals surface area contributed by atoms with Crippen LogP contribution in [0.1, 0.15) is 16.8 Å². The van der Waals surface area contributed by atoms with Crippen molar-refractivity contribution in [3.63, 3.8) is 0 Å². The third-order valence-corrected chi connectivity index (χ3v) is 3.92. The Hall–Kier alpha value is -1.67. The van der Waals surface area contributed by atoms with Gasteiger partial charge in [0, 0.05) is 17.9 Å². The highest BCUT2D eigenvalue weighted by Gasteiger charge is 2.44. The molecule has 0 aromatic heterocycles. The van der Waals surface area contributed by atoms with Crippen LogP contribution in [0.3, 0.4) is 0 Å². The van der Waals surface area contributed by atoms with Gasteiger partial charge in [-0.3, -0.25) is 4.79 Å². The number of carbonyl (C=O) groups excluding carboxylic acids is 1. The van der Waals surface area contributed by atoms with E-state index in [1.54, 1.807) is 0 Å². The smallest absolute Gasteiger partial charge is 0.331 e. The molecule has 1 amide bonds. The lowest BCUT2D eigenvalue weighted by Gasteiger charge is -2.24. The molecule has 21 heavy (non-hydrogen) atoms. The van der Waals surface area contributed by atoms with Gasteiger partial charge in [0.15, 0.2) is 5.54 Å². The summed E-state index contributed by atoms with van der Waals surface area (Å²) in [7, 11) is 0. The monoisotopic (exact) mass is 317 g/mol. The number of thioether (sulfide) groups is 1. The van der Waals surface area contributed by atoms with Gasteiger partial charge in [0.25, 0.3) is 11.7 Å². The molecule has 2 N–H and O–H groups in total. The lowest BCUT2D eigenvalue weighted by molar-refractivity contribution is -0.144. The molecule has 0 spiro atoms. The summed E-state index contributed by atoms with van der Waals surface area (Å²) >= 11 is 0.246. The Morgan fingerprint density at radius 2 is 2.10 bits per heavy atom. The first-order valence-electron chi connectivity index (χ1n) is 6.12. The van der Waals surface area contributed by atoms with Gasteiger partial charge in [-0.25, -0.2) is 4.79 Å². The Morgan fingerprint density at radius 3 is 2.67 bits per heavy atom. The molecule has 1 aromatic rings. The van der Waals surface area contributed by atoms with Gasteiger partial charge in [-0.2, -0.15) is 8.78 Å². The van der Waals surface area contributed by atoms with Crippen molar-refractivity contribution in [1.29, 1.82) is 0 Å². The number of alkyl halides is 2. The molecule has 0 aliphatic carbocycles. The number of halogens is 2.